The third-order valence-corrected chi connectivity index (χ3v) is 8.19. The quantitative estimate of drug-likeness (QED) is 0.111. The Hall–Kier alpha value is -3.01. The maximum atomic E-state index is 13.5. The number of benzene rings is 4. The first-order valence-electron chi connectivity index (χ1n) is 13.2. The van der Waals surface area contributed by atoms with E-state index in [0.29, 0.717) is 32.8 Å². The molecule has 0 atom stereocenters. The summed E-state index contributed by atoms with van der Waals surface area (Å²) in [6, 6.07) is 29.4. The molecule has 1 heterocycles. The van der Waals surface area contributed by atoms with E-state index >= 15 is 0 Å². The Morgan fingerprint density at radius 3 is 2.27 bits per heavy atom. The predicted molar refractivity (Wildman–Crippen MR) is 160 cm³/mol. The van der Waals surface area contributed by atoms with Crippen molar-refractivity contribution in [2.75, 3.05) is 6.54 Å². The Morgan fingerprint density at radius 2 is 1.62 bits per heavy atom. The number of rotatable bonds is 11. The van der Waals surface area contributed by atoms with E-state index in [-0.39, 0.29) is 11.1 Å². The summed E-state index contributed by atoms with van der Waals surface area (Å²) in [7, 11) is 0. The summed E-state index contributed by atoms with van der Waals surface area (Å²) in [5, 5.41) is 4.56. The van der Waals surface area contributed by atoms with Crippen LogP contribution in [0, 0.1) is 12.7 Å². The van der Waals surface area contributed by atoms with Gasteiger partial charge in [0.1, 0.15) is 0 Å². The first-order valence-corrected chi connectivity index (χ1v) is 15.5. The van der Waals surface area contributed by atoms with Crippen LogP contribution in [0.15, 0.2) is 97.2 Å². The molecule has 40 heavy (non-hydrogen) atoms. The molecule has 0 bridgehead atoms. The van der Waals surface area contributed by atoms with Gasteiger partial charge in [-0.25, -0.2) is 4.39 Å². The maximum absolute atomic E-state index is 13.5. The Balaban J connectivity index is 1.43. The van der Waals surface area contributed by atoms with Crippen molar-refractivity contribution < 1.29 is 11.8 Å². The van der Waals surface area contributed by atoms with Crippen LogP contribution in [0.4, 0.5) is 4.39 Å². The van der Waals surface area contributed by atoms with Gasteiger partial charge in [-0.05, 0) is 0 Å². The molecule has 1 aromatic heterocycles. The molecular weight excluding hydrogens is 715 g/mol. The van der Waals surface area contributed by atoms with Gasteiger partial charge in [-0.1, -0.05) is 0 Å². The number of ether oxygens (including phenoxy) is 1. The Bertz CT molecular complexity index is 1550. The summed E-state index contributed by atoms with van der Waals surface area (Å²) in [6.07, 6.45) is 3.23. The summed E-state index contributed by atoms with van der Waals surface area (Å²) >= 11 is 6.27. The van der Waals surface area contributed by atoms with Gasteiger partial charge in [-0.15, -0.1) is 0 Å². The third-order valence-electron chi connectivity index (χ3n) is 6.99. The Labute approximate surface area is 255 Å². The molecule has 0 fully saturated rings. The van der Waals surface area contributed by atoms with Crippen LogP contribution >= 0.6 is 11.6 Å². The summed E-state index contributed by atoms with van der Waals surface area (Å²) in [5.74, 6) is 1.28. The van der Waals surface area contributed by atoms with E-state index in [4.69, 9.17) is 24.0 Å². The third kappa shape index (κ3) is 6.48. The second-order valence-electron chi connectivity index (χ2n) is 9.63. The fraction of sp³-hybridized carbons (Fsp3) is 0.182. The zero-order valence-electron chi connectivity index (χ0n) is 22.2. The molecule has 0 saturated heterocycles. The zero-order chi connectivity index (χ0) is 27.9. The van der Waals surface area contributed by atoms with E-state index in [2.05, 4.69) is 42.6 Å². The number of nitrogens with one attached hydrogen (secondary N) is 1. The van der Waals surface area contributed by atoms with Crippen LogP contribution in [0.2, 0.25) is 5.02 Å². The summed E-state index contributed by atoms with van der Waals surface area (Å²) in [6.45, 7) is 3.51. The average molecular weight is 744 g/mol. The molecule has 200 valence electrons. The van der Waals surface area contributed by atoms with Crippen LogP contribution in [0.5, 0.6) is 11.5 Å². The van der Waals surface area contributed by atoms with E-state index in [1.54, 1.807) is 18.3 Å². The Morgan fingerprint density at radius 1 is 0.925 bits per heavy atom. The van der Waals surface area contributed by atoms with Crippen molar-refractivity contribution in [2.24, 2.45) is 0 Å². The number of halogens is 2. The number of hydrogen-bond donors (Lipinski definition) is 1. The first kappa shape index (κ1) is 28.5. The van der Waals surface area contributed by atoms with Crippen molar-refractivity contribution in [3.63, 3.8) is 0 Å². The minimum atomic E-state index is -0.400. The molecule has 0 aliphatic carbocycles. The fourth-order valence-corrected chi connectivity index (χ4v) is 6.22. The molecule has 5 aromatic rings. The Kier molecular flexibility index (Phi) is 9.67. The van der Waals surface area contributed by atoms with E-state index in [0.717, 1.165) is 69.6 Å². The van der Waals surface area contributed by atoms with Gasteiger partial charge in [0.05, 0.1) is 0 Å². The molecule has 7 heteroatoms. The van der Waals surface area contributed by atoms with Gasteiger partial charge in [0, 0.05) is 0 Å². The molecule has 4 nitrogen and oxygen atoms in total. The molecule has 0 unspecified atom stereocenters. The monoisotopic (exact) mass is 744 g/mol. The van der Waals surface area contributed by atoms with E-state index in [1.807, 2.05) is 42.5 Å². The molecule has 0 amide bonds. The van der Waals surface area contributed by atoms with Crippen LogP contribution in [-0.2, 0) is 13.0 Å². The van der Waals surface area contributed by atoms with Gasteiger partial charge in [0.15, 0.2) is 0 Å². The minimum absolute atomic E-state index is 0.145. The number of hydrogen-bond acceptors (Lipinski definition) is 4. The fourth-order valence-electron chi connectivity index (χ4n) is 4.97. The van der Waals surface area contributed by atoms with Gasteiger partial charge in [-0.3, -0.25) is 0 Å². The van der Waals surface area contributed by atoms with Crippen LogP contribution in [0.25, 0.3) is 10.9 Å². The molecular formula is C33H29ClFN2O2Tl. The van der Waals surface area contributed by atoms with Crippen LogP contribution in [-0.4, -0.2) is 37.7 Å². The van der Waals surface area contributed by atoms with Gasteiger partial charge in [0.2, 0.25) is 0 Å². The zero-order valence-corrected chi connectivity index (χ0v) is 27.5. The average Bonchev–Trinajstić information content (AvgIpc) is 2.99. The molecule has 0 radical (unpaired) electrons. The van der Waals surface area contributed by atoms with Crippen LogP contribution in [0.3, 0.4) is 0 Å². The number of aromatic nitrogens is 1. The normalized spacial score (nSPS) is 11.2. The summed E-state index contributed by atoms with van der Waals surface area (Å²) < 4.78 is 26.5. The molecule has 0 aliphatic heterocycles. The summed E-state index contributed by atoms with van der Waals surface area (Å²) in [4.78, 5) is 4.75. The van der Waals surface area contributed by atoms with Crippen molar-refractivity contribution in [2.45, 2.75) is 32.4 Å². The SMILES string of the molecule is Cc1c(CCCNCc2ccc(F)c(Cl)c2)c([O][Tl])c2cccnc2c1OC(c1ccccc1)c1ccccc1. The van der Waals surface area contributed by atoms with Gasteiger partial charge < -0.3 is 0 Å². The van der Waals surface area contributed by atoms with Gasteiger partial charge in [-0.2, -0.15) is 0 Å². The summed E-state index contributed by atoms with van der Waals surface area (Å²) in [5.41, 5.74) is 6.10. The number of nitrogens with zero attached hydrogens (tertiary/aromatic N) is 1. The van der Waals surface area contributed by atoms with E-state index in [9.17, 15) is 4.39 Å². The van der Waals surface area contributed by atoms with Crippen molar-refractivity contribution in [3.8, 4) is 11.5 Å². The van der Waals surface area contributed by atoms with Crippen LogP contribution in [0.1, 0.15) is 40.3 Å². The van der Waals surface area contributed by atoms with Crippen molar-refractivity contribution in [1.82, 2.24) is 10.3 Å². The second kappa shape index (κ2) is 13.6. The van der Waals surface area contributed by atoms with E-state index < -0.39 is 5.82 Å². The van der Waals surface area contributed by atoms with Crippen LogP contribution < -0.4 is 12.7 Å². The topological polar surface area (TPSA) is 43.4 Å². The van der Waals surface area contributed by atoms with Gasteiger partial charge >= 0.3 is 253 Å². The molecule has 5 rings (SSSR count). The number of fused-ring (bicyclic) bond motifs is 1. The van der Waals surface area contributed by atoms with Crippen molar-refractivity contribution in [3.05, 3.63) is 136 Å². The van der Waals surface area contributed by atoms with Crippen molar-refractivity contribution in [1.29, 1.82) is 0 Å². The molecule has 0 aliphatic rings. The van der Waals surface area contributed by atoms with Gasteiger partial charge in [0.25, 0.3) is 0 Å². The molecule has 4 aromatic carbocycles. The van der Waals surface area contributed by atoms with Crippen molar-refractivity contribution >= 4 is 48.7 Å². The first-order chi connectivity index (χ1) is 19.6. The molecule has 1 N–H and O–H groups in total. The second-order valence-corrected chi connectivity index (χ2v) is 11.0. The standard InChI is InChI=1S/C33H30ClFN2O2.Tl/c1-22-26(14-8-18-36-21-23-16-17-29(35)28(34)20-23)31(38)27-15-9-19-37-30(27)32(22)39-33(24-10-4-2-5-11-24)25-12-6-3-7-13-25;/h2-7,9-13,15-17,19-20,33,36,38H,8,14,18,21H2,1H3;/q;+1/p-1. The predicted octanol–water partition coefficient (Wildman–Crippen LogP) is 7.69. The molecule has 0 spiro atoms. The molecule has 0 saturated carbocycles. The van der Waals surface area contributed by atoms with E-state index in [1.165, 1.54) is 6.07 Å². The number of pyridine rings is 1.